The highest BCUT2D eigenvalue weighted by Gasteiger charge is 2.20. The van der Waals surface area contributed by atoms with Gasteiger partial charge in [0.15, 0.2) is 0 Å². The molecule has 1 nitrogen and oxygen atoms in total. The summed E-state index contributed by atoms with van der Waals surface area (Å²) >= 11 is 8.03. The fourth-order valence-electron chi connectivity index (χ4n) is 1.70. The van der Waals surface area contributed by atoms with Crippen LogP contribution in [0.2, 0.25) is 5.02 Å². The maximum atomic E-state index is 6.07. The number of halogens is 1. The van der Waals surface area contributed by atoms with Gasteiger partial charge >= 0.3 is 0 Å². The lowest BCUT2D eigenvalue weighted by Gasteiger charge is -2.10. The number of nitrogens with one attached hydrogen (secondary N) is 1. The maximum Gasteiger partial charge on any atom is 0.0410 e. The van der Waals surface area contributed by atoms with E-state index in [1.807, 2.05) is 17.8 Å². The topological polar surface area (TPSA) is 12.0 Å². The van der Waals surface area contributed by atoms with Crippen LogP contribution in [0.15, 0.2) is 23.1 Å². The highest BCUT2D eigenvalue weighted by atomic mass is 35.5. The van der Waals surface area contributed by atoms with Crippen molar-refractivity contribution in [2.24, 2.45) is 0 Å². The van der Waals surface area contributed by atoms with Crippen LogP contribution in [0.3, 0.4) is 0 Å². The Labute approximate surface area is 113 Å². The van der Waals surface area contributed by atoms with Crippen molar-refractivity contribution in [3.05, 3.63) is 28.8 Å². The molecule has 1 aliphatic carbocycles. The second-order valence-electron chi connectivity index (χ2n) is 4.61. The maximum absolute atomic E-state index is 6.07. The fourth-order valence-corrected chi connectivity index (χ4v) is 3.02. The third kappa shape index (κ3) is 4.53. The molecule has 0 unspecified atom stereocenters. The molecular formula is C14H20ClNS. The Morgan fingerprint density at radius 3 is 2.94 bits per heavy atom. The average Bonchev–Trinajstić information content (AvgIpc) is 3.13. The molecule has 1 aliphatic rings. The highest BCUT2D eigenvalue weighted by molar-refractivity contribution is 7.99. The van der Waals surface area contributed by atoms with E-state index in [2.05, 4.69) is 24.4 Å². The lowest BCUT2D eigenvalue weighted by molar-refractivity contribution is 0.680. The molecule has 17 heavy (non-hydrogen) atoms. The third-order valence-electron chi connectivity index (χ3n) is 2.94. The molecule has 1 aromatic rings. The molecule has 1 aromatic carbocycles. The largest absolute Gasteiger partial charge is 0.310 e. The van der Waals surface area contributed by atoms with E-state index >= 15 is 0 Å². The van der Waals surface area contributed by atoms with Crippen LogP contribution in [-0.4, -0.2) is 11.8 Å². The van der Waals surface area contributed by atoms with Crippen LogP contribution in [0.1, 0.15) is 38.2 Å². The first-order valence-corrected chi connectivity index (χ1v) is 7.80. The summed E-state index contributed by atoms with van der Waals surface area (Å²) < 4.78 is 0. The smallest absolute Gasteiger partial charge is 0.0410 e. The minimum Gasteiger partial charge on any atom is -0.310 e. The van der Waals surface area contributed by atoms with Crippen LogP contribution in [0.25, 0.3) is 0 Å². The first-order valence-electron chi connectivity index (χ1n) is 6.44. The zero-order valence-corrected chi connectivity index (χ0v) is 11.9. The molecule has 0 saturated heterocycles. The quantitative estimate of drug-likeness (QED) is 0.578. The van der Waals surface area contributed by atoms with Gasteiger partial charge in [0.2, 0.25) is 0 Å². The fraction of sp³-hybridized carbons (Fsp3) is 0.571. The summed E-state index contributed by atoms with van der Waals surface area (Å²) in [5, 5.41) is 4.40. The Morgan fingerprint density at radius 2 is 2.24 bits per heavy atom. The van der Waals surface area contributed by atoms with E-state index in [0.717, 1.165) is 17.6 Å². The van der Waals surface area contributed by atoms with Crippen molar-refractivity contribution in [3.8, 4) is 0 Å². The van der Waals surface area contributed by atoms with Gasteiger partial charge in [-0.15, -0.1) is 11.8 Å². The van der Waals surface area contributed by atoms with E-state index in [-0.39, 0.29) is 0 Å². The van der Waals surface area contributed by atoms with Gasteiger partial charge in [0.05, 0.1) is 0 Å². The van der Waals surface area contributed by atoms with Crippen LogP contribution < -0.4 is 5.32 Å². The van der Waals surface area contributed by atoms with Crippen LogP contribution in [0, 0.1) is 0 Å². The Kier molecular flexibility index (Phi) is 5.20. The van der Waals surface area contributed by atoms with Crippen LogP contribution in [0.5, 0.6) is 0 Å². The van der Waals surface area contributed by atoms with Gasteiger partial charge < -0.3 is 5.32 Å². The molecule has 0 bridgehead atoms. The molecule has 2 rings (SSSR count). The van der Waals surface area contributed by atoms with Crippen LogP contribution in [-0.2, 0) is 6.54 Å². The van der Waals surface area contributed by atoms with Crippen molar-refractivity contribution in [2.75, 3.05) is 5.75 Å². The van der Waals surface area contributed by atoms with Gasteiger partial charge in [-0.2, -0.15) is 0 Å². The van der Waals surface area contributed by atoms with Gasteiger partial charge in [-0.05, 0) is 48.8 Å². The van der Waals surface area contributed by atoms with Crippen molar-refractivity contribution >= 4 is 23.4 Å². The standard InChI is InChI=1S/C14H20ClNS/c1-2-3-8-17-14-7-4-12(15)9-11(14)10-16-13-5-6-13/h4,7,9,13,16H,2-3,5-6,8,10H2,1H3. The zero-order valence-electron chi connectivity index (χ0n) is 10.3. The van der Waals surface area contributed by atoms with Gasteiger partial charge in [0.25, 0.3) is 0 Å². The first-order chi connectivity index (χ1) is 8.29. The molecule has 0 amide bonds. The van der Waals surface area contributed by atoms with Gasteiger partial charge in [-0.25, -0.2) is 0 Å². The Balaban J connectivity index is 1.95. The zero-order chi connectivity index (χ0) is 12.1. The SMILES string of the molecule is CCCCSc1ccc(Cl)cc1CNC1CC1. The van der Waals surface area contributed by atoms with Gasteiger partial charge in [-0.1, -0.05) is 24.9 Å². The number of hydrogen-bond donors (Lipinski definition) is 1. The number of thioether (sulfide) groups is 1. The molecule has 0 atom stereocenters. The minimum absolute atomic E-state index is 0.752. The molecule has 3 heteroatoms. The van der Waals surface area contributed by atoms with E-state index in [0.29, 0.717) is 0 Å². The average molecular weight is 270 g/mol. The molecule has 94 valence electrons. The van der Waals surface area contributed by atoms with E-state index in [9.17, 15) is 0 Å². The molecule has 0 aromatic heterocycles. The molecule has 1 N–H and O–H groups in total. The minimum atomic E-state index is 0.752. The Hall–Kier alpha value is -0.180. The van der Waals surface area contributed by atoms with E-state index < -0.39 is 0 Å². The summed E-state index contributed by atoms with van der Waals surface area (Å²) in [4.78, 5) is 1.39. The Bertz CT molecular complexity index is 363. The summed E-state index contributed by atoms with van der Waals surface area (Å²) in [6, 6.07) is 7.01. The number of unbranched alkanes of at least 4 members (excludes halogenated alkanes) is 1. The summed E-state index contributed by atoms with van der Waals surface area (Å²) in [6.45, 7) is 3.19. The number of hydrogen-bond acceptors (Lipinski definition) is 2. The van der Waals surface area contributed by atoms with Crippen molar-refractivity contribution in [2.45, 2.75) is 50.1 Å². The number of benzene rings is 1. The lowest BCUT2D eigenvalue weighted by atomic mass is 10.2. The predicted molar refractivity (Wildman–Crippen MR) is 76.9 cm³/mol. The van der Waals surface area contributed by atoms with Crippen molar-refractivity contribution in [1.82, 2.24) is 5.32 Å². The molecule has 1 saturated carbocycles. The summed E-state index contributed by atoms with van der Waals surface area (Å²) in [6.07, 6.45) is 5.21. The van der Waals surface area contributed by atoms with E-state index in [1.54, 1.807) is 0 Å². The van der Waals surface area contributed by atoms with Gasteiger partial charge in [0, 0.05) is 22.5 Å². The molecule has 0 spiro atoms. The number of rotatable bonds is 7. The lowest BCUT2D eigenvalue weighted by Crippen LogP contribution is -2.15. The third-order valence-corrected chi connectivity index (χ3v) is 4.37. The molecule has 0 aliphatic heterocycles. The molecule has 0 radical (unpaired) electrons. The summed E-state index contributed by atoms with van der Waals surface area (Å²) in [5.74, 6) is 1.20. The second-order valence-corrected chi connectivity index (χ2v) is 6.18. The molecule has 1 fully saturated rings. The monoisotopic (exact) mass is 269 g/mol. The van der Waals surface area contributed by atoms with Crippen molar-refractivity contribution < 1.29 is 0 Å². The second kappa shape index (κ2) is 6.67. The first kappa shape index (κ1) is 13.3. The van der Waals surface area contributed by atoms with E-state index in [1.165, 1.54) is 41.9 Å². The van der Waals surface area contributed by atoms with Crippen molar-refractivity contribution in [1.29, 1.82) is 0 Å². The predicted octanol–water partition coefficient (Wildman–Crippen LogP) is 4.48. The molecule has 0 heterocycles. The summed E-state index contributed by atoms with van der Waals surface area (Å²) in [7, 11) is 0. The molecular weight excluding hydrogens is 250 g/mol. The van der Waals surface area contributed by atoms with Crippen molar-refractivity contribution in [3.63, 3.8) is 0 Å². The normalized spacial score (nSPS) is 15.2. The summed E-state index contributed by atoms with van der Waals surface area (Å²) in [5.41, 5.74) is 1.35. The van der Waals surface area contributed by atoms with E-state index in [4.69, 9.17) is 11.6 Å². The van der Waals surface area contributed by atoms with Crippen LogP contribution >= 0.6 is 23.4 Å². The highest BCUT2D eigenvalue weighted by Crippen LogP contribution is 2.28. The van der Waals surface area contributed by atoms with Gasteiger partial charge in [-0.3, -0.25) is 0 Å². The van der Waals surface area contributed by atoms with Gasteiger partial charge in [0.1, 0.15) is 0 Å². The Morgan fingerprint density at radius 1 is 1.41 bits per heavy atom. The van der Waals surface area contributed by atoms with Crippen LogP contribution in [0.4, 0.5) is 0 Å².